The largest absolute Gasteiger partial charge is 0.435 e. The monoisotopic (exact) mass is 415 g/mol. The second-order valence-electron chi connectivity index (χ2n) is 8.35. The maximum Gasteiger partial charge on any atom is 0.387 e. The summed E-state index contributed by atoms with van der Waals surface area (Å²) in [6, 6.07) is 5.56. The Balaban J connectivity index is 1.98. The minimum Gasteiger partial charge on any atom is -0.435 e. The first-order valence-corrected chi connectivity index (χ1v) is 10.4. The van der Waals surface area contributed by atoms with Gasteiger partial charge in [0.1, 0.15) is 11.3 Å². The van der Waals surface area contributed by atoms with Crippen molar-refractivity contribution in [3.8, 4) is 17.1 Å². The number of benzene rings is 1. The van der Waals surface area contributed by atoms with Gasteiger partial charge >= 0.3 is 6.61 Å². The van der Waals surface area contributed by atoms with Gasteiger partial charge in [0, 0.05) is 17.3 Å². The Bertz CT molecular complexity index is 1180. The van der Waals surface area contributed by atoms with Crippen molar-refractivity contribution in [2.75, 3.05) is 0 Å². The van der Waals surface area contributed by atoms with Crippen LogP contribution in [0, 0.1) is 20.8 Å². The Hall–Kier alpha value is -2.70. The Morgan fingerprint density at radius 3 is 2.47 bits per heavy atom. The van der Waals surface area contributed by atoms with Gasteiger partial charge in [0.05, 0.1) is 0 Å². The van der Waals surface area contributed by atoms with Gasteiger partial charge < -0.3 is 4.74 Å². The molecule has 0 N–H and O–H groups in total. The maximum atomic E-state index is 13.6. The van der Waals surface area contributed by atoms with E-state index in [0.717, 1.165) is 41.6 Å². The lowest BCUT2D eigenvalue weighted by molar-refractivity contribution is -0.0503. The van der Waals surface area contributed by atoms with Gasteiger partial charge in [0.15, 0.2) is 5.82 Å². The van der Waals surface area contributed by atoms with Crippen LogP contribution in [-0.4, -0.2) is 20.8 Å². The quantitative estimate of drug-likeness (QED) is 0.531. The highest BCUT2D eigenvalue weighted by atomic mass is 19.3. The first kappa shape index (κ1) is 20.6. The Labute approximate surface area is 174 Å². The van der Waals surface area contributed by atoms with Crippen LogP contribution in [0.4, 0.5) is 8.78 Å². The molecule has 0 spiro atoms. The zero-order chi connectivity index (χ0) is 21.7. The van der Waals surface area contributed by atoms with E-state index >= 15 is 0 Å². The van der Waals surface area contributed by atoms with E-state index in [-0.39, 0.29) is 23.3 Å². The zero-order valence-corrected chi connectivity index (χ0v) is 18.0. The van der Waals surface area contributed by atoms with Gasteiger partial charge in [-0.05, 0) is 80.8 Å². The maximum absolute atomic E-state index is 13.6. The van der Waals surface area contributed by atoms with Gasteiger partial charge in [-0.3, -0.25) is 9.36 Å². The predicted octanol–water partition coefficient (Wildman–Crippen LogP) is 5.54. The van der Waals surface area contributed by atoms with Crippen molar-refractivity contribution in [1.82, 2.24) is 14.2 Å². The lowest BCUT2D eigenvalue weighted by Gasteiger charge is -2.17. The van der Waals surface area contributed by atoms with E-state index in [2.05, 4.69) is 24.7 Å². The number of fused-ring (bicyclic) bond motifs is 1. The fourth-order valence-electron chi connectivity index (χ4n) is 4.05. The molecule has 1 aliphatic rings. The Morgan fingerprint density at radius 2 is 1.87 bits per heavy atom. The molecule has 0 bridgehead atoms. The van der Waals surface area contributed by atoms with E-state index in [0.29, 0.717) is 16.9 Å². The minimum absolute atomic E-state index is 0.0316. The summed E-state index contributed by atoms with van der Waals surface area (Å²) in [6.45, 7) is 6.86. The summed E-state index contributed by atoms with van der Waals surface area (Å²) < 4.78 is 33.6. The minimum atomic E-state index is -2.88. The van der Waals surface area contributed by atoms with Gasteiger partial charge in [-0.25, -0.2) is 4.52 Å². The van der Waals surface area contributed by atoms with Crippen molar-refractivity contribution >= 4 is 5.52 Å². The number of ether oxygens (including phenoxy) is 1. The number of hydrogen-bond acceptors (Lipinski definition) is 3. The van der Waals surface area contributed by atoms with Crippen molar-refractivity contribution in [3.05, 3.63) is 50.9 Å². The number of alkyl halides is 2. The molecule has 0 radical (unpaired) electrons. The summed E-state index contributed by atoms with van der Waals surface area (Å²) >= 11 is 0. The van der Waals surface area contributed by atoms with Gasteiger partial charge in [-0.15, -0.1) is 5.10 Å². The Morgan fingerprint density at radius 1 is 1.17 bits per heavy atom. The third-order valence-electron chi connectivity index (χ3n) is 6.06. The zero-order valence-electron chi connectivity index (χ0n) is 18.0. The van der Waals surface area contributed by atoms with Gasteiger partial charge in [-0.2, -0.15) is 8.78 Å². The highest BCUT2D eigenvalue weighted by Crippen LogP contribution is 2.39. The number of rotatable bonds is 6. The third kappa shape index (κ3) is 3.40. The van der Waals surface area contributed by atoms with E-state index in [1.807, 2.05) is 13.8 Å². The van der Waals surface area contributed by atoms with Crippen molar-refractivity contribution < 1.29 is 13.5 Å². The highest BCUT2D eigenvalue weighted by molar-refractivity contribution is 5.66. The van der Waals surface area contributed by atoms with Gasteiger partial charge in [0.2, 0.25) is 0 Å². The summed E-state index contributed by atoms with van der Waals surface area (Å²) in [6.07, 6.45) is 2.81. The Kier molecular flexibility index (Phi) is 5.16. The first-order valence-electron chi connectivity index (χ1n) is 10.4. The summed E-state index contributed by atoms with van der Waals surface area (Å²) in [5.41, 5.74) is 4.63. The van der Waals surface area contributed by atoms with E-state index in [4.69, 9.17) is 5.10 Å². The summed E-state index contributed by atoms with van der Waals surface area (Å²) in [5.74, 6) is 0.980. The molecule has 1 aromatic carbocycles. The van der Waals surface area contributed by atoms with Crippen LogP contribution in [0.2, 0.25) is 0 Å². The highest BCUT2D eigenvalue weighted by Gasteiger charge is 2.31. The average Bonchev–Trinajstić information content (AvgIpc) is 3.46. The van der Waals surface area contributed by atoms with Crippen LogP contribution in [0.1, 0.15) is 67.5 Å². The lowest BCUT2D eigenvalue weighted by atomic mass is 10.00. The van der Waals surface area contributed by atoms with Crippen molar-refractivity contribution in [2.24, 2.45) is 0 Å². The first-order chi connectivity index (χ1) is 14.2. The second-order valence-corrected chi connectivity index (χ2v) is 8.35. The van der Waals surface area contributed by atoms with Crippen LogP contribution < -0.4 is 10.3 Å². The van der Waals surface area contributed by atoms with Crippen molar-refractivity contribution in [3.63, 3.8) is 0 Å². The molecule has 1 unspecified atom stereocenters. The van der Waals surface area contributed by atoms with Crippen LogP contribution >= 0.6 is 0 Å². The molecule has 1 atom stereocenters. The molecular formula is C23H27F2N3O2. The van der Waals surface area contributed by atoms with E-state index in [9.17, 15) is 13.6 Å². The van der Waals surface area contributed by atoms with E-state index < -0.39 is 6.61 Å². The van der Waals surface area contributed by atoms with Crippen LogP contribution in [0.15, 0.2) is 23.0 Å². The molecule has 2 aromatic heterocycles. The summed E-state index contributed by atoms with van der Waals surface area (Å²) in [7, 11) is 0. The number of aryl methyl sites for hydroxylation is 3. The van der Waals surface area contributed by atoms with E-state index in [1.165, 1.54) is 0 Å². The molecular weight excluding hydrogens is 388 g/mol. The molecule has 160 valence electrons. The molecule has 0 aliphatic heterocycles. The molecule has 2 heterocycles. The standard InChI is InChI=1S/C23H27F2N3O2/c1-6-12(2)17-11-15(5)28-20(17)22(29)27(16-7-8-16)21(26-28)18-9-14(4)19(10-13(18)3)30-23(24)25/h9-12,16,23H,6-8H2,1-5H3. The summed E-state index contributed by atoms with van der Waals surface area (Å²) in [5, 5.41) is 4.89. The van der Waals surface area contributed by atoms with Gasteiger partial charge in [-0.1, -0.05) is 13.8 Å². The number of aromatic nitrogens is 3. The van der Waals surface area contributed by atoms with Crippen LogP contribution in [-0.2, 0) is 0 Å². The topological polar surface area (TPSA) is 48.5 Å². The molecule has 0 amide bonds. The van der Waals surface area contributed by atoms with Crippen molar-refractivity contribution in [2.45, 2.75) is 72.5 Å². The predicted molar refractivity (Wildman–Crippen MR) is 113 cm³/mol. The molecule has 5 nitrogen and oxygen atoms in total. The number of nitrogens with zero attached hydrogens (tertiary/aromatic N) is 3. The molecule has 30 heavy (non-hydrogen) atoms. The SMILES string of the molecule is CCC(C)c1cc(C)n2nc(-c3cc(C)c(OC(F)F)cc3C)n(C3CC3)c(=O)c12. The molecule has 4 rings (SSSR count). The molecule has 3 aromatic rings. The molecule has 7 heteroatoms. The average molecular weight is 415 g/mol. The molecule has 1 saturated carbocycles. The number of halogens is 2. The van der Waals surface area contributed by atoms with Crippen molar-refractivity contribution in [1.29, 1.82) is 0 Å². The fourth-order valence-corrected chi connectivity index (χ4v) is 4.05. The molecule has 0 saturated heterocycles. The van der Waals surface area contributed by atoms with Crippen LogP contribution in [0.25, 0.3) is 16.9 Å². The van der Waals surface area contributed by atoms with Crippen LogP contribution in [0.3, 0.4) is 0 Å². The smallest absolute Gasteiger partial charge is 0.387 e. The lowest BCUT2D eigenvalue weighted by Crippen LogP contribution is -2.26. The number of hydrogen-bond donors (Lipinski definition) is 0. The normalized spacial score (nSPS) is 15.2. The fraction of sp³-hybridized carbons (Fsp3) is 0.478. The molecule has 1 aliphatic carbocycles. The van der Waals surface area contributed by atoms with Crippen LogP contribution in [0.5, 0.6) is 5.75 Å². The second kappa shape index (κ2) is 7.52. The summed E-state index contributed by atoms with van der Waals surface area (Å²) in [4.78, 5) is 13.6. The van der Waals surface area contributed by atoms with E-state index in [1.54, 1.807) is 28.1 Å². The molecule has 1 fully saturated rings. The van der Waals surface area contributed by atoms with Gasteiger partial charge in [0.25, 0.3) is 5.56 Å². The third-order valence-corrected chi connectivity index (χ3v) is 6.06.